The Labute approximate surface area is 171 Å². The van der Waals surface area contributed by atoms with E-state index in [-0.39, 0.29) is 54.3 Å². The molecular weight excluding hydrogens is 394 g/mol. The number of hydrogen-bond acceptors (Lipinski definition) is 7. The lowest BCUT2D eigenvalue weighted by molar-refractivity contribution is -0.138. The van der Waals surface area contributed by atoms with Crippen molar-refractivity contribution in [2.24, 2.45) is 0 Å². The zero-order valence-corrected chi connectivity index (χ0v) is 16.1. The zero-order valence-electron chi connectivity index (χ0n) is 16.1. The van der Waals surface area contributed by atoms with Gasteiger partial charge in [0, 0.05) is 6.54 Å². The van der Waals surface area contributed by atoms with Crippen LogP contribution in [0.2, 0.25) is 0 Å². The fourth-order valence-electron chi connectivity index (χ4n) is 3.00. The molecule has 0 aliphatic carbocycles. The lowest BCUT2D eigenvalue weighted by Crippen LogP contribution is -2.45. The summed E-state index contributed by atoms with van der Waals surface area (Å²) in [5.41, 5.74) is 0.581. The molecule has 3 rings (SSSR count). The van der Waals surface area contributed by atoms with Gasteiger partial charge < -0.3 is 20.1 Å². The van der Waals surface area contributed by atoms with Gasteiger partial charge in [0.05, 0.1) is 41.1 Å². The van der Waals surface area contributed by atoms with E-state index >= 15 is 0 Å². The molecule has 30 heavy (non-hydrogen) atoms. The second-order valence-corrected chi connectivity index (χ2v) is 6.33. The highest BCUT2D eigenvalue weighted by molar-refractivity contribution is 6.22. The average molecular weight is 413 g/mol. The van der Waals surface area contributed by atoms with E-state index in [2.05, 4.69) is 17.2 Å². The molecule has 1 aromatic rings. The summed E-state index contributed by atoms with van der Waals surface area (Å²) in [7, 11) is 0. The Bertz CT molecular complexity index is 996. The van der Waals surface area contributed by atoms with Crippen LogP contribution in [0.15, 0.2) is 42.1 Å². The fraction of sp³-hybridized carbons (Fsp3) is 0.250. The van der Waals surface area contributed by atoms with Crippen LogP contribution in [0.1, 0.15) is 38.0 Å². The summed E-state index contributed by atoms with van der Waals surface area (Å²) >= 11 is 0. The minimum Gasteiger partial charge on any atom is -0.463 e. The molecule has 0 saturated heterocycles. The van der Waals surface area contributed by atoms with Gasteiger partial charge in [0.2, 0.25) is 0 Å². The van der Waals surface area contributed by atoms with Crippen LogP contribution in [-0.4, -0.2) is 61.0 Å². The maximum Gasteiger partial charge on any atom is 0.338 e. The zero-order chi connectivity index (χ0) is 21.8. The van der Waals surface area contributed by atoms with Crippen molar-refractivity contribution in [1.82, 2.24) is 15.5 Å². The largest absolute Gasteiger partial charge is 0.463 e. The lowest BCUT2D eigenvalue weighted by Gasteiger charge is -2.21. The summed E-state index contributed by atoms with van der Waals surface area (Å²) in [6, 6.07) is 3.48. The highest BCUT2D eigenvalue weighted by atomic mass is 16.5. The second kappa shape index (κ2) is 8.60. The predicted octanol–water partition coefficient (Wildman–Crippen LogP) is 0.755. The standard InChI is InChI=1S/C20H19N3O7/c1-3-7-23-16(24)12-6-5-11(8-13(12)17(23)25)18(26)30-10-15-14(19(27)29-4-2)9-21-20(28)22-15/h3,5-6,8H,1,4,7,9-10H2,2H3,(H2,21,22,28). The molecule has 2 aliphatic heterocycles. The quantitative estimate of drug-likeness (QED) is 0.383. The fourth-order valence-corrected chi connectivity index (χ4v) is 3.00. The Morgan fingerprint density at radius 3 is 2.57 bits per heavy atom. The van der Waals surface area contributed by atoms with Crippen molar-refractivity contribution >= 4 is 29.8 Å². The highest BCUT2D eigenvalue weighted by Crippen LogP contribution is 2.24. The third-order valence-electron chi connectivity index (χ3n) is 4.44. The van der Waals surface area contributed by atoms with Crippen LogP contribution in [0, 0.1) is 0 Å². The van der Waals surface area contributed by atoms with E-state index < -0.39 is 29.8 Å². The first kappa shape index (κ1) is 20.8. The first-order valence-corrected chi connectivity index (χ1v) is 9.09. The SMILES string of the molecule is C=CCN1C(=O)c2ccc(C(=O)OCC3=C(C(=O)OCC)CNC(=O)N3)cc2C1=O. The Kier molecular flexibility index (Phi) is 5.95. The van der Waals surface area contributed by atoms with Crippen molar-refractivity contribution < 1.29 is 33.4 Å². The normalized spacial score (nSPS) is 15.4. The molecule has 4 amide bonds. The molecule has 2 aliphatic rings. The van der Waals surface area contributed by atoms with E-state index in [1.54, 1.807) is 6.92 Å². The van der Waals surface area contributed by atoms with Gasteiger partial charge in [-0.3, -0.25) is 14.5 Å². The van der Waals surface area contributed by atoms with Crippen LogP contribution in [0.25, 0.3) is 0 Å². The lowest BCUT2D eigenvalue weighted by atomic mass is 10.1. The van der Waals surface area contributed by atoms with Crippen LogP contribution >= 0.6 is 0 Å². The molecule has 0 unspecified atom stereocenters. The molecule has 0 fully saturated rings. The van der Waals surface area contributed by atoms with Gasteiger partial charge in [0.25, 0.3) is 11.8 Å². The van der Waals surface area contributed by atoms with Gasteiger partial charge in [-0.25, -0.2) is 14.4 Å². The van der Waals surface area contributed by atoms with E-state index in [1.165, 1.54) is 24.3 Å². The number of ether oxygens (including phenoxy) is 2. The van der Waals surface area contributed by atoms with Gasteiger partial charge in [0.1, 0.15) is 6.61 Å². The number of nitrogens with zero attached hydrogens (tertiary/aromatic N) is 1. The summed E-state index contributed by atoms with van der Waals surface area (Å²) in [6.07, 6.45) is 1.43. The van der Waals surface area contributed by atoms with Crippen LogP contribution < -0.4 is 10.6 Å². The van der Waals surface area contributed by atoms with E-state index in [0.29, 0.717) is 0 Å². The Morgan fingerprint density at radius 1 is 1.13 bits per heavy atom. The number of amides is 4. The molecule has 0 bridgehead atoms. The number of nitrogens with one attached hydrogen (secondary N) is 2. The van der Waals surface area contributed by atoms with Crippen molar-refractivity contribution in [3.05, 3.63) is 58.8 Å². The molecule has 0 radical (unpaired) electrons. The molecule has 0 atom stereocenters. The first-order chi connectivity index (χ1) is 14.4. The van der Waals surface area contributed by atoms with Crippen molar-refractivity contribution in [1.29, 1.82) is 0 Å². The molecular formula is C20H19N3O7. The molecule has 1 aromatic carbocycles. The Hall–Kier alpha value is -3.95. The van der Waals surface area contributed by atoms with Crippen molar-refractivity contribution in [3.63, 3.8) is 0 Å². The van der Waals surface area contributed by atoms with Gasteiger partial charge in [-0.1, -0.05) is 6.08 Å². The number of hydrogen-bond donors (Lipinski definition) is 2. The number of rotatable bonds is 7. The summed E-state index contributed by atoms with van der Waals surface area (Å²) in [4.78, 5) is 61.7. The van der Waals surface area contributed by atoms with E-state index in [4.69, 9.17) is 9.47 Å². The van der Waals surface area contributed by atoms with E-state index in [1.807, 2.05) is 0 Å². The third kappa shape index (κ3) is 3.93. The number of urea groups is 1. The molecule has 0 spiro atoms. The number of imide groups is 1. The number of fused-ring (bicyclic) bond motifs is 1. The van der Waals surface area contributed by atoms with Crippen LogP contribution in [0.4, 0.5) is 4.79 Å². The molecule has 10 heteroatoms. The van der Waals surface area contributed by atoms with E-state index in [0.717, 1.165) is 4.90 Å². The van der Waals surface area contributed by atoms with E-state index in [9.17, 15) is 24.0 Å². The topological polar surface area (TPSA) is 131 Å². The minimum atomic E-state index is -0.788. The monoisotopic (exact) mass is 413 g/mol. The molecule has 156 valence electrons. The van der Waals surface area contributed by atoms with Crippen molar-refractivity contribution in [2.45, 2.75) is 6.92 Å². The smallest absolute Gasteiger partial charge is 0.338 e. The summed E-state index contributed by atoms with van der Waals surface area (Å²) in [5, 5.41) is 4.87. The predicted molar refractivity (Wildman–Crippen MR) is 102 cm³/mol. The van der Waals surface area contributed by atoms with Gasteiger partial charge in [0.15, 0.2) is 0 Å². The molecule has 2 heterocycles. The summed E-state index contributed by atoms with van der Waals surface area (Å²) < 4.78 is 10.1. The Balaban J connectivity index is 1.76. The maximum atomic E-state index is 12.5. The molecule has 0 saturated carbocycles. The van der Waals surface area contributed by atoms with Crippen molar-refractivity contribution in [2.75, 3.05) is 26.3 Å². The molecule has 2 N–H and O–H groups in total. The summed E-state index contributed by atoms with van der Waals surface area (Å²) in [6.45, 7) is 4.92. The first-order valence-electron chi connectivity index (χ1n) is 9.09. The highest BCUT2D eigenvalue weighted by Gasteiger charge is 2.35. The number of benzene rings is 1. The number of esters is 2. The van der Waals surface area contributed by atoms with Crippen LogP contribution in [0.3, 0.4) is 0 Å². The van der Waals surface area contributed by atoms with Crippen LogP contribution in [0.5, 0.6) is 0 Å². The van der Waals surface area contributed by atoms with Crippen LogP contribution in [-0.2, 0) is 14.3 Å². The van der Waals surface area contributed by atoms with Gasteiger partial charge >= 0.3 is 18.0 Å². The van der Waals surface area contributed by atoms with Gasteiger partial charge in [-0.15, -0.1) is 6.58 Å². The third-order valence-corrected chi connectivity index (χ3v) is 4.44. The van der Waals surface area contributed by atoms with Gasteiger partial charge in [-0.05, 0) is 25.1 Å². The van der Waals surface area contributed by atoms with Gasteiger partial charge in [-0.2, -0.15) is 0 Å². The average Bonchev–Trinajstić information content (AvgIpc) is 2.97. The molecule has 10 nitrogen and oxygen atoms in total. The second-order valence-electron chi connectivity index (χ2n) is 6.33. The van der Waals surface area contributed by atoms with Crippen molar-refractivity contribution in [3.8, 4) is 0 Å². The Morgan fingerprint density at radius 2 is 1.87 bits per heavy atom. The maximum absolute atomic E-state index is 12.5. The minimum absolute atomic E-state index is 0.0499. The molecule has 0 aromatic heterocycles. The number of carbonyl (C=O) groups is 5. The summed E-state index contributed by atoms with van der Waals surface area (Å²) in [5.74, 6) is -2.41. The number of carbonyl (C=O) groups excluding carboxylic acids is 5.